The van der Waals surface area contributed by atoms with Crippen LogP contribution in [0.4, 0.5) is 4.79 Å². The Morgan fingerprint density at radius 3 is 1.64 bits per heavy atom. The molecular weight excluding hydrogens is 1830 g/mol. The Hall–Kier alpha value is -4.95. The van der Waals surface area contributed by atoms with E-state index in [9.17, 15) is 71.7 Å². The molecule has 0 radical (unpaired) electrons. The Bertz CT molecular complexity index is 4430. The number of aryl methyl sites for hydroxylation is 2. The van der Waals surface area contributed by atoms with E-state index >= 15 is 0 Å². The van der Waals surface area contributed by atoms with Crippen LogP contribution < -0.4 is 26.9 Å². The minimum atomic E-state index is -4.94. The van der Waals surface area contributed by atoms with Gasteiger partial charge in [-0.15, -0.1) is 0 Å². The number of aliphatic hydroxyl groups excluding tert-OH is 2. The van der Waals surface area contributed by atoms with Crippen molar-refractivity contribution in [3.63, 3.8) is 0 Å². The van der Waals surface area contributed by atoms with Gasteiger partial charge in [-0.2, -0.15) is 0 Å². The highest BCUT2D eigenvalue weighted by Crippen LogP contribution is 2.49. The number of esters is 2. The molecule has 1 aromatic carbocycles. The molecule has 44 nitrogen and oxygen atoms in total. The normalized spacial score (nSPS) is 18.3. The van der Waals surface area contributed by atoms with Crippen LogP contribution in [0.25, 0.3) is 22.3 Å². The quantitative estimate of drug-likeness (QED) is 0.00812. The van der Waals surface area contributed by atoms with E-state index in [-0.39, 0.29) is 227 Å². The number of phosphoric ester groups is 4. The van der Waals surface area contributed by atoms with Crippen molar-refractivity contribution in [2.24, 2.45) is 5.41 Å². The Morgan fingerprint density at radius 1 is 0.612 bits per heavy atom. The number of cyclic esters (lactones) is 1. The van der Waals surface area contributed by atoms with E-state index in [1.807, 2.05) is 28.5 Å². The summed E-state index contributed by atoms with van der Waals surface area (Å²) in [5.74, 6) is 0.882. The maximum Gasteiger partial charge on any atom is 0.472 e. The summed E-state index contributed by atoms with van der Waals surface area (Å²) in [5, 5.41) is 22.5. The average molecular weight is 1960 g/mol. The van der Waals surface area contributed by atoms with E-state index < -0.39 is 135 Å². The second-order valence-electron chi connectivity index (χ2n) is 30.1. The third-order valence-electron chi connectivity index (χ3n) is 19.2. The zero-order chi connectivity index (χ0) is 93.6. The zero-order valence-corrected chi connectivity index (χ0v) is 79.0. The van der Waals surface area contributed by atoms with Crippen molar-refractivity contribution in [2.45, 2.75) is 155 Å². The molecule has 3 aliphatic heterocycles. The monoisotopic (exact) mass is 1960 g/mol. The number of hydrogen-bond acceptors (Lipinski definition) is 38. The fourth-order valence-electron chi connectivity index (χ4n) is 12.6. The lowest BCUT2D eigenvalue weighted by atomic mass is 9.84. The summed E-state index contributed by atoms with van der Waals surface area (Å²) < 4.78 is 177. The molecule has 0 spiro atoms. The first kappa shape index (κ1) is 111. The fourth-order valence-corrected chi connectivity index (χ4v) is 17.9. The van der Waals surface area contributed by atoms with E-state index in [0.29, 0.717) is 35.1 Å². The lowest BCUT2D eigenvalue weighted by Gasteiger charge is -2.37. The first-order chi connectivity index (χ1) is 61.8. The van der Waals surface area contributed by atoms with Gasteiger partial charge in [0.1, 0.15) is 30.8 Å². The molecule has 0 aliphatic carbocycles. The number of benzene rings is 1. The van der Waals surface area contributed by atoms with Crippen LogP contribution in [0.1, 0.15) is 133 Å². The molecule has 1 amide bonds. The number of pyridine rings is 2. The van der Waals surface area contributed by atoms with Gasteiger partial charge in [0.2, 0.25) is 5.60 Å². The number of ether oxygens (including phenoxy) is 15. The van der Waals surface area contributed by atoms with Gasteiger partial charge >= 0.3 is 55.0 Å². The molecule has 4 aromatic rings. The lowest BCUT2D eigenvalue weighted by molar-refractivity contribution is -0.194. The molecule has 8 N–H and O–H groups in total. The second-order valence-corrected chi connectivity index (χ2v) is 38.6. The molecule has 7 rings (SSSR count). The first-order valence-corrected chi connectivity index (χ1v) is 51.3. The van der Waals surface area contributed by atoms with E-state index in [4.69, 9.17) is 117 Å². The molecule has 9 atom stereocenters. The third-order valence-corrected chi connectivity index (χ3v) is 25.9. The van der Waals surface area contributed by atoms with E-state index in [1.54, 1.807) is 56.5 Å². The molecule has 0 bridgehead atoms. The maximum absolute atomic E-state index is 14.3. The SMILES string of the molecule is CCc1c2c(nc3ccc(OC(=O)NCCCOCC(COP(=O)(O)OCCOCCOCCOCCOCCOCCOP(=O)(O)OCCCCCCSSCCCCCO)OP(=O)(O)OCCOCCOCCOCCOCCOCCOP(=O)(O)OCC4OC(n5cc(C)c(=O)[nH]c5=O)CC4O)cc13)-c1cc3c(c(=O)n1C2)COC(=O)[C@@]3(CC)OC(=O)C(C)(C)C. The van der Waals surface area contributed by atoms with Crippen molar-refractivity contribution < 1.29 is 170 Å². The number of carbonyl (C=O) groups excluding carboxylic acids is 3. The molecule has 50 heteroatoms. The van der Waals surface area contributed by atoms with Crippen molar-refractivity contribution in [3.05, 3.63) is 89.5 Å². The standard InChI is InChI=1S/C79H127N5O39P4S2/c1-7-61-62-49-59(17-18-66(62)81-71-63(61)53-83-67(71)50-65-64(73(83)88)56-112-75(90)79(65,8-2)122-74(89)78(4,5)6)120-77(92)80-19-16-21-111-54-60(55-118-125(95,96)115-44-40-108-36-32-104-28-24-101-23-27-103-31-35-107-39-43-114-124(93,94)113-22-13-9-10-14-47-128-129-48-15-11-12-20-85)123-127(99,100)117-46-42-110-38-34-106-30-26-102-25-29-105-33-37-109-41-45-116-126(97,98)119-57-69-68(86)51-70(121-69)84-52-58(3)72(87)82-76(84)91/h17-18,49-50,52,60,68-70,85-86H,7-16,19-48,51,53-57H2,1-6H3,(H,80,92)(H,93,94)(H,95,96)(H,97,98)(H,99,100)(H,82,87,91)/t60?,68?,69?,70?,79-/m0/s1. The van der Waals surface area contributed by atoms with E-state index in [2.05, 4.69) is 10.3 Å². The Kier molecular flexibility index (Phi) is 50.9. The first-order valence-electron chi connectivity index (χ1n) is 42.8. The number of hydrogen-bond donors (Lipinski definition) is 8. The number of H-pyrrole nitrogens is 1. The molecule has 3 aliphatic rings. The van der Waals surface area contributed by atoms with Gasteiger partial charge in [0, 0.05) is 66.0 Å². The van der Waals surface area contributed by atoms with Gasteiger partial charge in [-0.1, -0.05) is 54.7 Å². The molecule has 6 heterocycles. The number of rotatable bonds is 73. The smallest absolute Gasteiger partial charge is 0.457 e. The number of unbranched alkanes of at least 4 members (excludes halogenated alkanes) is 5. The molecule has 0 saturated carbocycles. The summed E-state index contributed by atoms with van der Waals surface area (Å²) in [6.45, 7) is 9.81. The van der Waals surface area contributed by atoms with Gasteiger partial charge in [-0.05, 0) is 102 Å². The van der Waals surface area contributed by atoms with Crippen molar-refractivity contribution in [1.29, 1.82) is 0 Å². The molecule has 129 heavy (non-hydrogen) atoms. The number of carbonyl (C=O) groups is 3. The Morgan fingerprint density at radius 2 is 1.12 bits per heavy atom. The predicted molar refractivity (Wildman–Crippen MR) is 466 cm³/mol. The Labute approximate surface area is 756 Å². The molecule has 1 fully saturated rings. The molecular formula is C79H127N5O39P4S2. The fraction of sp³-hybridized carbons (Fsp3) is 0.734. The van der Waals surface area contributed by atoms with Crippen LogP contribution in [0.15, 0.2) is 44.8 Å². The largest absolute Gasteiger partial charge is 0.472 e. The minimum Gasteiger partial charge on any atom is -0.457 e. The number of phosphoric acid groups is 4. The van der Waals surface area contributed by atoms with Gasteiger partial charge in [-0.25, -0.2) is 37.6 Å². The van der Waals surface area contributed by atoms with Crippen molar-refractivity contribution in [3.8, 4) is 17.1 Å². The van der Waals surface area contributed by atoms with Crippen LogP contribution >= 0.6 is 52.9 Å². The predicted octanol–water partition coefficient (Wildman–Crippen LogP) is 7.41. The summed E-state index contributed by atoms with van der Waals surface area (Å²) in [4.78, 5) is 127. The van der Waals surface area contributed by atoms with Crippen molar-refractivity contribution >= 4 is 81.8 Å². The summed E-state index contributed by atoms with van der Waals surface area (Å²) in [6, 6.07) is 6.58. The summed E-state index contributed by atoms with van der Waals surface area (Å²) in [6.07, 6.45) is 3.04. The highest BCUT2D eigenvalue weighted by molar-refractivity contribution is 8.76. The van der Waals surface area contributed by atoms with Crippen LogP contribution in [0.5, 0.6) is 5.75 Å². The van der Waals surface area contributed by atoms with Crippen molar-refractivity contribution in [2.75, 3.05) is 216 Å². The second kappa shape index (κ2) is 59.1. The van der Waals surface area contributed by atoms with Gasteiger partial charge in [0.15, 0.2) is 0 Å². The number of aliphatic hydroxyl groups is 2. The van der Waals surface area contributed by atoms with Crippen LogP contribution in [0.3, 0.4) is 0 Å². The minimum absolute atomic E-state index is 0.0101. The van der Waals surface area contributed by atoms with E-state index in [0.717, 1.165) is 65.7 Å². The highest BCUT2D eigenvalue weighted by Gasteiger charge is 2.52. The molecule has 1 saturated heterocycles. The Balaban J connectivity index is 0.749. The van der Waals surface area contributed by atoms with Gasteiger partial charge in [-0.3, -0.25) is 60.1 Å². The highest BCUT2D eigenvalue weighted by atomic mass is 33.1. The lowest BCUT2D eigenvalue weighted by Crippen LogP contribution is -2.48. The number of nitrogens with one attached hydrogen (secondary N) is 2. The molecule has 8 unspecified atom stereocenters. The van der Waals surface area contributed by atoms with E-state index in [1.165, 1.54) is 13.1 Å². The van der Waals surface area contributed by atoms with Crippen molar-refractivity contribution in [1.82, 2.24) is 24.4 Å². The van der Waals surface area contributed by atoms with Crippen LogP contribution in [0.2, 0.25) is 0 Å². The number of nitrogens with zero attached hydrogens (tertiary/aromatic N) is 3. The van der Waals surface area contributed by atoms with Gasteiger partial charge in [0.25, 0.3) is 11.1 Å². The maximum atomic E-state index is 14.3. The summed E-state index contributed by atoms with van der Waals surface area (Å²) >= 11 is 0. The topological polar surface area (TPSA) is 555 Å². The van der Waals surface area contributed by atoms with Crippen LogP contribution in [0, 0.1) is 12.3 Å². The summed E-state index contributed by atoms with van der Waals surface area (Å²) in [5.41, 5.74) is -0.807. The number of aromatic amines is 1. The molecule has 3 aromatic heterocycles. The number of aromatic nitrogens is 4. The number of fused-ring (bicyclic) bond motifs is 5. The third kappa shape index (κ3) is 40.5. The van der Waals surface area contributed by atoms with Gasteiger partial charge < -0.3 is 111 Å². The average Bonchev–Trinajstić information content (AvgIpc) is 1.59. The van der Waals surface area contributed by atoms with Crippen LogP contribution in [-0.4, -0.2) is 301 Å². The summed E-state index contributed by atoms with van der Waals surface area (Å²) in [7, 11) is -14.8. The van der Waals surface area contributed by atoms with Crippen LogP contribution in [-0.2, 0) is 156 Å². The number of amides is 1. The molecule has 734 valence electrons. The van der Waals surface area contributed by atoms with Gasteiger partial charge in [0.05, 0.1) is 226 Å². The zero-order valence-electron chi connectivity index (χ0n) is 73.8.